The highest BCUT2D eigenvalue weighted by atomic mass is 16.5. The van der Waals surface area contributed by atoms with Crippen molar-refractivity contribution in [2.24, 2.45) is 0 Å². The quantitative estimate of drug-likeness (QED) is 0.654. The average molecular weight is 189 g/mol. The van der Waals surface area contributed by atoms with Crippen LogP contribution in [0.15, 0.2) is 0 Å². The van der Waals surface area contributed by atoms with Gasteiger partial charge in [-0.25, -0.2) is 0 Å². The molecule has 0 fully saturated rings. The van der Waals surface area contributed by atoms with E-state index in [2.05, 4.69) is 5.32 Å². The molecule has 0 aromatic rings. The number of methoxy groups -OCH3 is 1. The standard InChI is InChI=1S/C9H19NO3/c1-5-9(3,13-4)8(12)10-7(2)6-11/h7,11H,5-6H2,1-4H3,(H,10,12)/t7-,9?/m1/s1. The number of carbonyl (C=O) groups is 1. The molecular formula is C9H19NO3. The molecule has 2 atom stereocenters. The summed E-state index contributed by atoms with van der Waals surface area (Å²) < 4.78 is 5.10. The molecule has 0 aromatic carbocycles. The van der Waals surface area contributed by atoms with E-state index in [4.69, 9.17) is 9.84 Å². The summed E-state index contributed by atoms with van der Waals surface area (Å²) in [5.74, 6) is -0.181. The second-order valence-electron chi connectivity index (χ2n) is 3.35. The number of carbonyl (C=O) groups excluding carboxylic acids is 1. The van der Waals surface area contributed by atoms with E-state index < -0.39 is 5.60 Å². The van der Waals surface area contributed by atoms with Gasteiger partial charge in [0.1, 0.15) is 5.60 Å². The van der Waals surface area contributed by atoms with Crippen molar-refractivity contribution in [2.75, 3.05) is 13.7 Å². The maximum absolute atomic E-state index is 11.5. The smallest absolute Gasteiger partial charge is 0.252 e. The molecule has 0 saturated carbocycles. The van der Waals surface area contributed by atoms with Gasteiger partial charge >= 0.3 is 0 Å². The van der Waals surface area contributed by atoms with Crippen molar-refractivity contribution in [3.8, 4) is 0 Å². The summed E-state index contributed by atoms with van der Waals surface area (Å²) in [5.41, 5.74) is -0.788. The lowest BCUT2D eigenvalue weighted by atomic mass is 10.0. The average Bonchev–Trinajstić information content (AvgIpc) is 2.16. The minimum atomic E-state index is -0.788. The Labute approximate surface area is 79.3 Å². The molecule has 78 valence electrons. The van der Waals surface area contributed by atoms with Crippen molar-refractivity contribution in [2.45, 2.75) is 38.8 Å². The Morgan fingerprint density at radius 3 is 2.54 bits per heavy atom. The molecule has 0 aliphatic carbocycles. The van der Waals surface area contributed by atoms with E-state index in [-0.39, 0.29) is 18.6 Å². The third-order valence-electron chi connectivity index (χ3n) is 2.26. The van der Waals surface area contributed by atoms with Crippen molar-refractivity contribution in [3.63, 3.8) is 0 Å². The topological polar surface area (TPSA) is 58.6 Å². The zero-order chi connectivity index (χ0) is 10.5. The van der Waals surface area contributed by atoms with Gasteiger partial charge in [0.05, 0.1) is 6.61 Å². The maximum Gasteiger partial charge on any atom is 0.252 e. The predicted octanol–water partition coefficient (Wildman–Crippen LogP) is 0.299. The van der Waals surface area contributed by atoms with Crippen LogP contribution >= 0.6 is 0 Å². The molecule has 0 rings (SSSR count). The monoisotopic (exact) mass is 189 g/mol. The SMILES string of the molecule is CCC(C)(OC)C(=O)N[C@H](C)CO. The molecule has 0 aliphatic heterocycles. The summed E-state index contributed by atoms with van der Waals surface area (Å²) in [5, 5.41) is 11.4. The Kier molecular flexibility index (Phi) is 4.95. The van der Waals surface area contributed by atoms with Crippen LogP contribution in [0.3, 0.4) is 0 Å². The van der Waals surface area contributed by atoms with Gasteiger partial charge in [-0.05, 0) is 20.3 Å². The van der Waals surface area contributed by atoms with Crippen LogP contribution in [0.5, 0.6) is 0 Å². The molecule has 0 bridgehead atoms. The van der Waals surface area contributed by atoms with Crippen molar-refractivity contribution in [3.05, 3.63) is 0 Å². The highest BCUT2D eigenvalue weighted by molar-refractivity contribution is 5.84. The lowest BCUT2D eigenvalue weighted by Crippen LogP contribution is -2.49. The number of amides is 1. The number of aliphatic hydroxyl groups is 1. The summed E-state index contributed by atoms with van der Waals surface area (Å²) in [7, 11) is 1.51. The highest BCUT2D eigenvalue weighted by Crippen LogP contribution is 2.13. The Morgan fingerprint density at radius 1 is 1.69 bits per heavy atom. The van der Waals surface area contributed by atoms with Crippen LogP contribution in [0.2, 0.25) is 0 Å². The molecule has 0 heterocycles. The summed E-state index contributed by atoms with van der Waals surface area (Å²) >= 11 is 0. The number of hydrogen-bond acceptors (Lipinski definition) is 3. The van der Waals surface area contributed by atoms with Gasteiger partial charge in [0.2, 0.25) is 0 Å². The van der Waals surface area contributed by atoms with Crippen LogP contribution in [-0.4, -0.2) is 36.4 Å². The minimum absolute atomic E-state index is 0.0603. The number of rotatable bonds is 5. The molecule has 1 amide bonds. The summed E-state index contributed by atoms with van der Waals surface area (Å²) in [6.45, 7) is 5.29. The number of nitrogens with one attached hydrogen (secondary N) is 1. The molecule has 4 heteroatoms. The molecule has 4 nitrogen and oxygen atoms in total. The number of ether oxygens (including phenoxy) is 1. The third kappa shape index (κ3) is 3.32. The lowest BCUT2D eigenvalue weighted by Gasteiger charge is -2.26. The molecule has 0 spiro atoms. The van der Waals surface area contributed by atoms with Crippen LogP contribution in [0.4, 0.5) is 0 Å². The van der Waals surface area contributed by atoms with E-state index in [1.54, 1.807) is 13.8 Å². The van der Waals surface area contributed by atoms with Crippen molar-refractivity contribution in [1.29, 1.82) is 0 Å². The number of aliphatic hydroxyl groups excluding tert-OH is 1. The van der Waals surface area contributed by atoms with Crippen LogP contribution in [0.1, 0.15) is 27.2 Å². The fraction of sp³-hybridized carbons (Fsp3) is 0.889. The minimum Gasteiger partial charge on any atom is -0.394 e. The fourth-order valence-corrected chi connectivity index (χ4v) is 0.820. The first-order valence-corrected chi connectivity index (χ1v) is 4.47. The summed E-state index contributed by atoms with van der Waals surface area (Å²) in [6, 6.07) is -0.228. The van der Waals surface area contributed by atoms with Gasteiger partial charge in [-0.15, -0.1) is 0 Å². The van der Waals surface area contributed by atoms with E-state index in [0.29, 0.717) is 6.42 Å². The predicted molar refractivity (Wildman–Crippen MR) is 50.4 cm³/mol. The zero-order valence-corrected chi connectivity index (χ0v) is 8.76. The van der Waals surface area contributed by atoms with Crippen LogP contribution in [0.25, 0.3) is 0 Å². The van der Waals surface area contributed by atoms with E-state index in [1.807, 2.05) is 6.92 Å². The molecule has 2 N–H and O–H groups in total. The van der Waals surface area contributed by atoms with Crippen molar-refractivity contribution in [1.82, 2.24) is 5.32 Å². The van der Waals surface area contributed by atoms with Crippen LogP contribution < -0.4 is 5.32 Å². The second-order valence-corrected chi connectivity index (χ2v) is 3.35. The first-order chi connectivity index (χ1) is 6.00. The largest absolute Gasteiger partial charge is 0.394 e. The first kappa shape index (κ1) is 12.4. The zero-order valence-electron chi connectivity index (χ0n) is 8.76. The Bertz CT molecular complexity index is 166. The summed E-state index contributed by atoms with van der Waals surface area (Å²) in [4.78, 5) is 11.5. The van der Waals surface area contributed by atoms with Gasteiger partial charge in [0.15, 0.2) is 0 Å². The first-order valence-electron chi connectivity index (χ1n) is 4.47. The van der Waals surface area contributed by atoms with Gasteiger partial charge in [0.25, 0.3) is 5.91 Å². The van der Waals surface area contributed by atoms with E-state index >= 15 is 0 Å². The van der Waals surface area contributed by atoms with Crippen molar-refractivity contribution < 1.29 is 14.6 Å². The molecule has 0 aromatic heterocycles. The maximum atomic E-state index is 11.5. The highest BCUT2D eigenvalue weighted by Gasteiger charge is 2.31. The van der Waals surface area contributed by atoms with E-state index in [1.165, 1.54) is 7.11 Å². The molecule has 0 aliphatic rings. The van der Waals surface area contributed by atoms with Gasteiger partial charge in [-0.2, -0.15) is 0 Å². The molecule has 13 heavy (non-hydrogen) atoms. The van der Waals surface area contributed by atoms with Gasteiger partial charge in [-0.1, -0.05) is 6.92 Å². The molecule has 0 saturated heterocycles. The molecular weight excluding hydrogens is 170 g/mol. The fourth-order valence-electron chi connectivity index (χ4n) is 0.820. The van der Waals surface area contributed by atoms with Crippen LogP contribution in [-0.2, 0) is 9.53 Å². The van der Waals surface area contributed by atoms with Gasteiger partial charge < -0.3 is 15.2 Å². The van der Waals surface area contributed by atoms with Crippen LogP contribution in [0, 0.1) is 0 Å². The third-order valence-corrected chi connectivity index (χ3v) is 2.26. The summed E-state index contributed by atoms with van der Waals surface area (Å²) in [6.07, 6.45) is 0.605. The van der Waals surface area contributed by atoms with Crippen molar-refractivity contribution >= 4 is 5.91 Å². The normalized spacial score (nSPS) is 17.6. The molecule has 0 radical (unpaired) electrons. The number of hydrogen-bond donors (Lipinski definition) is 2. The molecule has 1 unspecified atom stereocenters. The Morgan fingerprint density at radius 2 is 2.23 bits per heavy atom. The second kappa shape index (κ2) is 5.19. The van der Waals surface area contributed by atoms with E-state index in [9.17, 15) is 4.79 Å². The Hall–Kier alpha value is -0.610. The van der Waals surface area contributed by atoms with Gasteiger partial charge in [0, 0.05) is 13.2 Å². The van der Waals surface area contributed by atoms with E-state index in [0.717, 1.165) is 0 Å². The Balaban J connectivity index is 4.22. The lowest BCUT2D eigenvalue weighted by molar-refractivity contribution is -0.142. The van der Waals surface area contributed by atoms with Gasteiger partial charge in [-0.3, -0.25) is 4.79 Å².